The molecule has 2 N–H and O–H groups in total. The van der Waals surface area contributed by atoms with Crippen molar-refractivity contribution in [3.63, 3.8) is 0 Å². The molecule has 21 heavy (non-hydrogen) atoms. The van der Waals surface area contributed by atoms with E-state index >= 15 is 0 Å². The molecule has 2 aromatic rings. The Kier molecular flexibility index (Phi) is 7.11. The summed E-state index contributed by atoms with van der Waals surface area (Å²) in [5.74, 6) is -0.00932. The summed E-state index contributed by atoms with van der Waals surface area (Å²) in [6, 6.07) is 5.90. The van der Waals surface area contributed by atoms with Gasteiger partial charge < -0.3 is 10.6 Å². The van der Waals surface area contributed by atoms with Gasteiger partial charge in [0.1, 0.15) is 0 Å². The normalized spacial score (nSPS) is 12.0. The van der Waals surface area contributed by atoms with E-state index in [4.69, 9.17) is 0 Å². The standard InChI is InChI=1S/C14H15N3OS.2ClH/c18-14(16-4-3-13-8-19-9-17-13)10-1-2-11-6-15-7-12(11)5-10;;/h1-2,5,8-9,15H,3-4,6-7H2,(H,16,18);2*1H. The topological polar surface area (TPSA) is 54.0 Å². The van der Waals surface area contributed by atoms with Crippen molar-refractivity contribution >= 4 is 42.1 Å². The fourth-order valence-electron chi connectivity index (χ4n) is 2.20. The van der Waals surface area contributed by atoms with Gasteiger partial charge in [-0.1, -0.05) is 6.07 Å². The Morgan fingerprint density at radius 3 is 2.86 bits per heavy atom. The highest BCUT2D eigenvalue weighted by Gasteiger charge is 2.13. The number of hydrogen-bond acceptors (Lipinski definition) is 4. The minimum atomic E-state index is -0.00932. The van der Waals surface area contributed by atoms with Crippen LogP contribution in [0.1, 0.15) is 27.2 Å². The van der Waals surface area contributed by atoms with Crippen molar-refractivity contribution < 1.29 is 4.79 Å². The van der Waals surface area contributed by atoms with Crippen LogP contribution in [-0.4, -0.2) is 17.4 Å². The van der Waals surface area contributed by atoms with E-state index in [2.05, 4.69) is 15.6 Å². The number of nitrogens with one attached hydrogen (secondary N) is 2. The zero-order chi connectivity index (χ0) is 13.1. The molecule has 2 heterocycles. The van der Waals surface area contributed by atoms with E-state index in [0.717, 1.165) is 30.8 Å². The second-order valence-electron chi connectivity index (χ2n) is 4.57. The van der Waals surface area contributed by atoms with Crippen LogP contribution in [0, 0.1) is 0 Å². The lowest BCUT2D eigenvalue weighted by atomic mass is 10.1. The summed E-state index contributed by atoms with van der Waals surface area (Å²) in [6.07, 6.45) is 0.780. The molecule has 114 valence electrons. The monoisotopic (exact) mass is 345 g/mol. The fraction of sp³-hybridized carbons (Fsp3) is 0.286. The maximum Gasteiger partial charge on any atom is 0.251 e. The minimum absolute atomic E-state index is 0. The van der Waals surface area contributed by atoms with Gasteiger partial charge in [0, 0.05) is 37.0 Å². The van der Waals surface area contributed by atoms with Crippen molar-refractivity contribution in [1.29, 1.82) is 0 Å². The highest BCUT2D eigenvalue weighted by Crippen LogP contribution is 2.16. The first kappa shape index (κ1) is 17.9. The number of thiazole rings is 1. The van der Waals surface area contributed by atoms with Gasteiger partial charge in [0.15, 0.2) is 0 Å². The molecule has 0 aliphatic carbocycles. The molecule has 0 saturated heterocycles. The lowest BCUT2D eigenvalue weighted by Crippen LogP contribution is -2.25. The summed E-state index contributed by atoms with van der Waals surface area (Å²) in [5, 5.41) is 8.22. The number of halogens is 2. The van der Waals surface area contributed by atoms with Gasteiger partial charge in [-0.25, -0.2) is 4.98 Å². The van der Waals surface area contributed by atoms with Gasteiger partial charge in [0.05, 0.1) is 11.2 Å². The first-order chi connectivity index (χ1) is 9.33. The zero-order valence-corrected chi connectivity index (χ0v) is 13.7. The summed E-state index contributed by atoms with van der Waals surface area (Å²) in [4.78, 5) is 16.2. The molecule has 0 atom stereocenters. The van der Waals surface area contributed by atoms with Crippen molar-refractivity contribution in [1.82, 2.24) is 15.6 Å². The maximum absolute atomic E-state index is 12.0. The van der Waals surface area contributed by atoms with Crippen LogP contribution in [0.2, 0.25) is 0 Å². The predicted octanol–water partition coefficient (Wildman–Crippen LogP) is 2.56. The van der Waals surface area contributed by atoms with Crippen LogP contribution in [0.5, 0.6) is 0 Å². The number of hydrogen-bond donors (Lipinski definition) is 2. The molecule has 0 unspecified atom stereocenters. The molecule has 0 saturated carbocycles. The number of aromatic nitrogens is 1. The van der Waals surface area contributed by atoms with Crippen molar-refractivity contribution in [2.45, 2.75) is 19.5 Å². The van der Waals surface area contributed by atoms with Gasteiger partial charge in [-0.3, -0.25) is 4.79 Å². The van der Waals surface area contributed by atoms with E-state index in [0.29, 0.717) is 6.54 Å². The van der Waals surface area contributed by atoms with Crippen LogP contribution < -0.4 is 10.6 Å². The number of fused-ring (bicyclic) bond motifs is 1. The highest BCUT2D eigenvalue weighted by atomic mass is 35.5. The van der Waals surface area contributed by atoms with E-state index in [9.17, 15) is 4.79 Å². The Morgan fingerprint density at radius 1 is 1.29 bits per heavy atom. The predicted molar refractivity (Wildman–Crippen MR) is 89.6 cm³/mol. The summed E-state index contributed by atoms with van der Waals surface area (Å²) in [7, 11) is 0. The molecule has 1 aromatic carbocycles. The highest BCUT2D eigenvalue weighted by molar-refractivity contribution is 7.07. The average Bonchev–Trinajstić information content (AvgIpc) is 3.08. The summed E-state index contributed by atoms with van der Waals surface area (Å²) >= 11 is 1.58. The van der Waals surface area contributed by atoms with Crippen LogP contribution in [0.4, 0.5) is 0 Å². The zero-order valence-electron chi connectivity index (χ0n) is 11.3. The van der Waals surface area contributed by atoms with Crippen LogP contribution in [-0.2, 0) is 19.5 Å². The van der Waals surface area contributed by atoms with E-state index in [1.807, 2.05) is 29.1 Å². The molecule has 0 radical (unpaired) electrons. The van der Waals surface area contributed by atoms with Crippen molar-refractivity contribution in [2.75, 3.05) is 6.54 Å². The number of benzene rings is 1. The second kappa shape index (κ2) is 8.34. The molecule has 1 aromatic heterocycles. The largest absolute Gasteiger partial charge is 0.352 e. The average molecular weight is 346 g/mol. The van der Waals surface area contributed by atoms with Gasteiger partial charge in [-0.15, -0.1) is 36.2 Å². The summed E-state index contributed by atoms with van der Waals surface area (Å²) in [5.41, 5.74) is 6.10. The number of amides is 1. The van der Waals surface area contributed by atoms with Gasteiger partial charge in [-0.05, 0) is 23.3 Å². The molecule has 7 heteroatoms. The van der Waals surface area contributed by atoms with Crippen molar-refractivity contribution in [3.05, 3.63) is 51.5 Å². The molecule has 0 fully saturated rings. The molecule has 1 amide bonds. The molecular formula is C14H17Cl2N3OS. The van der Waals surface area contributed by atoms with E-state index in [1.54, 1.807) is 11.3 Å². The van der Waals surface area contributed by atoms with Gasteiger partial charge >= 0.3 is 0 Å². The molecule has 3 rings (SSSR count). The van der Waals surface area contributed by atoms with Gasteiger partial charge in [0.2, 0.25) is 0 Å². The molecular weight excluding hydrogens is 329 g/mol. The third kappa shape index (κ3) is 4.41. The smallest absolute Gasteiger partial charge is 0.251 e. The number of carbonyl (C=O) groups is 1. The van der Waals surface area contributed by atoms with E-state index < -0.39 is 0 Å². The van der Waals surface area contributed by atoms with Crippen LogP contribution in [0.25, 0.3) is 0 Å². The SMILES string of the molecule is Cl.Cl.O=C(NCCc1cscn1)c1ccc2c(c1)CNC2. The first-order valence-corrected chi connectivity index (χ1v) is 7.25. The van der Waals surface area contributed by atoms with Gasteiger partial charge in [0.25, 0.3) is 5.91 Å². The summed E-state index contributed by atoms with van der Waals surface area (Å²) < 4.78 is 0. The maximum atomic E-state index is 12.0. The van der Waals surface area contributed by atoms with Crippen LogP contribution in [0.15, 0.2) is 29.1 Å². The third-order valence-electron chi connectivity index (χ3n) is 3.25. The Hall–Kier alpha value is -1.14. The fourth-order valence-corrected chi connectivity index (χ4v) is 2.80. The van der Waals surface area contributed by atoms with Crippen molar-refractivity contribution in [3.8, 4) is 0 Å². The molecule has 0 bridgehead atoms. The quantitative estimate of drug-likeness (QED) is 0.895. The first-order valence-electron chi connectivity index (χ1n) is 6.31. The van der Waals surface area contributed by atoms with E-state index in [-0.39, 0.29) is 30.7 Å². The molecule has 4 nitrogen and oxygen atoms in total. The molecule has 1 aliphatic rings. The van der Waals surface area contributed by atoms with Crippen molar-refractivity contribution in [2.24, 2.45) is 0 Å². The number of nitrogens with zero attached hydrogens (tertiary/aromatic N) is 1. The second-order valence-corrected chi connectivity index (χ2v) is 5.29. The summed E-state index contributed by atoms with van der Waals surface area (Å²) in [6.45, 7) is 2.38. The minimum Gasteiger partial charge on any atom is -0.352 e. The lowest BCUT2D eigenvalue weighted by Gasteiger charge is -2.06. The van der Waals surface area contributed by atoms with Crippen LogP contribution in [0.3, 0.4) is 0 Å². The molecule has 0 spiro atoms. The van der Waals surface area contributed by atoms with Crippen LogP contribution >= 0.6 is 36.2 Å². The van der Waals surface area contributed by atoms with Gasteiger partial charge in [-0.2, -0.15) is 0 Å². The Morgan fingerprint density at radius 2 is 2.10 bits per heavy atom. The Bertz CT molecular complexity index is 590. The Balaban J connectivity index is 0.00000110. The number of carbonyl (C=O) groups excluding carboxylic acids is 1. The number of rotatable bonds is 4. The Labute approximate surface area is 140 Å². The molecule has 1 aliphatic heterocycles. The third-order valence-corrected chi connectivity index (χ3v) is 3.88. The lowest BCUT2D eigenvalue weighted by molar-refractivity contribution is 0.0954. The van der Waals surface area contributed by atoms with E-state index in [1.165, 1.54) is 11.1 Å².